The molecule has 3 heterocycles. The lowest BCUT2D eigenvalue weighted by molar-refractivity contribution is -0.0584. The van der Waals surface area contributed by atoms with Gasteiger partial charge in [-0.15, -0.1) is 10.2 Å². The van der Waals surface area contributed by atoms with Crippen LogP contribution in [-0.4, -0.2) is 44.0 Å². The van der Waals surface area contributed by atoms with E-state index in [4.69, 9.17) is 4.42 Å². The number of urea groups is 1. The van der Waals surface area contributed by atoms with Crippen molar-refractivity contribution < 1.29 is 14.4 Å². The van der Waals surface area contributed by atoms with Crippen LogP contribution in [-0.2, 0) is 6.42 Å². The topological polar surface area (TPSA) is 82.7 Å². The molecule has 3 fully saturated rings. The molecule has 1 aromatic rings. The number of hydrogen-bond donors (Lipinski definition) is 1. The normalized spacial score (nSPS) is 29.1. The van der Waals surface area contributed by atoms with Gasteiger partial charge < -0.3 is 9.32 Å². The van der Waals surface area contributed by atoms with E-state index in [1.807, 2.05) is 0 Å². The predicted octanol–water partition coefficient (Wildman–Crippen LogP) is 2.13. The summed E-state index contributed by atoms with van der Waals surface area (Å²) in [5, 5.41) is 18.8. The zero-order valence-electron chi connectivity index (χ0n) is 11.9. The molecule has 114 valence electrons. The Balaban J connectivity index is 1.44. The molecule has 1 N–H and O–H groups in total. The van der Waals surface area contributed by atoms with Crippen LogP contribution in [0.4, 0.5) is 4.79 Å². The molecule has 1 saturated carbocycles. The minimum absolute atomic E-state index is 0.0882. The molecular formula is C14H20N4O3. The second-order valence-electron chi connectivity index (χ2n) is 6.40. The fraction of sp³-hybridized carbons (Fsp3) is 0.786. The summed E-state index contributed by atoms with van der Waals surface area (Å²) in [6, 6.07) is -0.623. The summed E-state index contributed by atoms with van der Waals surface area (Å²) in [6.07, 6.45) is 7.45. The lowest BCUT2D eigenvalue weighted by atomic mass is 9.82. The third-order valence-electron chi connectivity index (χ3n) is 5.10. The zero-order valence-corrected chi connectivity index (χ0v) is 11.9. The maximum Gasteiger partial charge on any atom is 0.344 e. The van der Waals surface area contributed by atoms with Gasteiger partial charge in [0.1, 0.15) is 6.04 Å². The lowest BCUT2D eigenvalue weighted by Gasteiger charge is -2.27. The molecule has 1 aliphatic carbocycles. The molecule has 7 nitrogen and oxygen atoms in total. The van der Waals surface area contributed by atoms with E-state index < -0.39 is 0 Å². The van der Waals surface area contributed by atoms with Crippen molar-refractivity contribution in [3.8, 4) is 0 Å². The maximum atomic E-state index is 12.0. The molecule has 3 aliphatic rings. The van der Waals surface area contributed by atoms with Crippen molar-refractivity contribution in [2.45, 2.75) is 57.0 Å². The Morgan fingerprint density at radius 1 is 1.24 bits per heavy atom. The first-order valence-corrected chi connectivity index (χ1v) is 7.83. The summed E-state index contributed by atoms with van der Waals surface area (Å²) >= 11 is 0. The third kappa shape index (κ3) is 2.19. The highest BCUT2D eigenvalue weighted by Gasteiger charge is 2.46. The lowest BCUT2D eigenvalue weighted by Crippen LogP contribution is -2.34. The second-order valence-corrected chi connectivity index (χ2v) is 6.40. The van der Waals surface area contributed by atoms with Gasteiger partial charge in [-0.05, 0) is 25.2 Å². The van der Waals surface area contributed by atoms with Crippen molar-refractivity contribution in [1.29, 1.82) is 0 Å². The van der Waals surface area contributed by atoms with E-state index >= 15 is 0 Å². The van der Waals surface area contributed by atoms with E-state index in [0.717, 1.165) is 36.7 Å². The maximum absolute atomic E-state index is 12.0. The van der Waals surface area contributed by atoms with E-state index in [0.29, 0.717) is 18.3 Å². The van der Waals surface area contributed by atoms with Gasteiger partial charge in [0, 0.05) is 13.0 Å². The van der Waals surface area contributed by atoms with Crippen LogP contribution >= 0.6 is 0 Å². The Bertz CT molecular complexity index is 542. The molecule has 21 heavy (non-hydrogen) atoms. The number of carbonyl (C=O) groups excluding carboxylic acids is 1. The summed E-state index contributed by atoms with van der Waals surface area (Å²) in [6.45, 7) is 0.541. The number of nitrogens with zero attached hydrogens (tertiary/aromatic N) is 4. The minimum Gasteiger partial charge on any atom is -0.423 e. The Hall–Kier alpha value is -1.63. The van der Waals surface area contributed by atoms with Crippen molar-refractivity contribution in [3.05, 3.63) is 11.8 Å². The van der Waals surface area contributed by atoms with Gasteiger partial charge in [-0.1, -0.05) is 19.3 Å². The van der Waals surface area contributed by atoms with Gasteiger partial charge in [0.05, 0.1) is 6.04 Å². The Morgan fingerprint density at radius 3 is 2.86 bits per heavy atom. The van der Waals surface area contributed by atoms with Crippen LogP contribution in [0.2, 0.25) is 0 Å². The molecule has 0 unspecified atom stereocenters. The van der Waals surface area contributed by atoms with Crippen molar-refractivity contribution >= 4 is 6.03 Å². The first-order chi connectivity index (χ1) is 10.2. The van der Waals surface area contributed by atoms with Gasteiger partial charge in [-0.3, -0.25) is 5.21 Å². The van der Waals surface area contributed by atoms with Crippen LogP contribution in [0.3, 0.4) is 0 Å². The summed E-state index contributed by atoms with van der Waals surface area (Å²) in [7, 11) is 0. The molecule has 0 aromatic carbocycles. The summed E-state index contributed by atoms with van der Waals surface area (Å²) in [5.41, 5.74) is 0. The molecule has 2 aliphatic heterocycles. The number of aryl methyl sites for hydroxylation is 1. The highest BCUT2D eigenvalue weighted by atomic mass is 16.5. The summed E-state index contributed by atoms with van der Waals surface area (Å²) in [4.78, 5) is 13.6. The Kier molecular flexibility index (Phi) is 3.10. The van der Waals surface area contributed by atoms with Gasteiger partial charge in [-0.2, -0.15) is 0 Å². The SMILES string of the molecule is O=C1N(O)[C@@H]2CC[C@@H](c3nnc(CCC4CCC4)o3)N1C2. The molecular weight excluding hydrogens is 272 g/mol. The minimum atomic E-state index is -0.350. The van der Waals surface area contributed by atoms with Gasteiger partial charge in [0.2, 0.25) is 11.8 Å². The number of hydrogen-bond acceptors (Lipinski definition) is 5. The Labute approximate surface area is 122 Å². The third-order valence-corrected chi connectivity index (χ3v) is 5.10. The number of hydroxylamine groups is 2. The zero-order chi connectivity index (χ0) is 14.4. The van der Waals surface area contributed by atoms with Crippen molar-refractivity contribution in [2.24, 2.45) is 5.92 Å². The average molecular weight is 292 g/mol. The molecule has 2 bridgehead atoms. The van der Waals surface area contributed by atoms with E-state index in [2.05, 4.69) is 10.2 Å². The average Bonchev–Trinajstić information content (AvgIpc) is 2.99. The number of fused-ring (bicyclic) bond motifs is 2. The van der Waals surface area contributed by atoms with Crippen LogP contribution in [0.15, 0.2) is 4.42 Å². The Morgan fingerprint density at radius 2 is 2.10 bits per heavy atom. The van der Waals surface area contributed by atoms with E-state index in [9.17, 15) is 10.0 Å². The number of aromatic nitrogens is 2. The summed E-state index contributed by atoms with van der Waals surface area (Å²) in [5.74, 6) is 2.01. The first kappa shape index (κ1) is 13.1. The van der Waals surface area contributed by atoms with Crippen molar-refractivity contribution in [2.75, 3.05) is 6.54 Å². The monoisotopic (exact) mass is 292 g/mol. The number of carbonyl (C=O) groups is 1. The molecule has 2 saturated heterocycles. The molecule has 7 heteroatoms. The highest BCUT2D eigenvalue weighted by molar-refractivity contribution is 5.76. The van der Waals surface area contributed by atoms with Gasteiger partial charge >= 0.3 is 6.03 Å². The predicted molar refractivity (Wildman–Crippen MR) is 71.5 cm³/mol. The molecule has 1 aromatic heterocycles. The molecule has 2 amide bonds. The highest BCUT2D eigenvalue weighted by Crippen LogP contribution is 2.37. The van der Waals surface area contributed by atoms with Gasteiger partial charge in [-0.25, -0.2) is 9.86 Å². The van der Waals surface area contributed by atoms with Crippen LogP contribution < -0.4 is 0 Å². The number of piperidine rings is 1. The van der Waals surface area contributed by atoms with E-state index in [1.54, 1.807) is 4.90 Å². The first-order valence-electron chi connectivity index (χ1n) is 7.83. The fourth-order valence-electron chi connectivity index (χ4n) is 3.52. The van der Waals surface area contributed by atoms with Crippen LogP contribution in [0.1, 0.15) is 56.3 Å². The van der Waals surface area contributed by atoms with Crippen LogP contribution in [0, 0.1) is 5.92 Å². The van der Waals surface area contributed by atoms with Crippen molar-refractivity contribution in [3.63, 3.8) is 0 Å². The van der Waals surface area contributed by atoms with Crippen molar-refractivity contribution in [1.82, 2.24) is 20.2 Å². The van der Waals surface area contributed by atoms with E-state index in [-0.39, 0.29) is 18.1 Å². The molecule has 2 atom stereocenters. The standard InChI is InChI=1S/C14H20N4O3/c19-14-17-8-10(18(14)20)5-6-11(17)13-16-15-12(21-13)7-4-9-2-1-3-9/h9-11,20H,1-8H2/t10-,11+/m1/s1. The van der Waals surface area contributed by atoms with Crippen LogP contribution in [0.25, 0.3) is 0 Å². The fourth-order valence-corrected chi connectivity index (χ4v) is 3.52. The molecule has 0 spiro atoms. The van der Waals surface area contributed by atoms with Crippen LogP contribution in [0.5, 0.6) is 0 Å². The second kappa shape index (κ2) is 4.98. The molecule has 0 radical (unpaired) electrons. The number of rotatable bonds is 4. The van der Waals surface area contributed by atoms with Gasteiger partial charge in [0.15, 0.2) is 0 Å². The van der Waals surface area contributed by atoms with Gasteiger partial charge in [0.25, 0.3) is 0 Å². The molecule has 4 rings (SSSR count). The largest absolute Gasteiger partial charge is 0.423 e. The van der Waals surface area contributed by atoms with E-state index in [1.165, 1.54) is 19.3 Å². The summed E-state index contributed by atoms with van der Waals surface area (Å²) < 4.78 is 5.76. The quantitative estimate of drug-likeness (QED) is 0.860. The smallest absolute Gasteiger partial charge is 0.344 e. The number of amides is 2.